The van der Waals surface area contributed by atoms with Gasteiger partial charge in [0.1, 0.15) is 18.2 Å². The summed E-state index contributed by atoms with van der Waals surface area (Å²) in [6, 6.07) is 6.82. The molecule has 0 spiro atoms. The largest absolute Gasteiger partial charge is 0.463 e. The van der Waals surface area contributed by atoms with Crippen molar-refractivity contribution < 1.29 is 24.2 Å². The van der Waals surface area contributed by atoms with Gasteiger partial charge in [0.05, 0.1) is 17.4 Å². The van der Waals surface area contributed by atoms with Crippen LogP contribution in [0.2, 0.25) is 0 Å². The third-order valence-corrected chi connectivity index (χ3v) is 6.03. The molecule has 2 aromatic rings. The maximum atomic E-state index is 12.1. The van der Waals surface area contributed by atoms with Gasteiger partial charge < -0.3 is 14.6 Å². The van der Waals surface area contributed by atoms with Crippen LogP contribution < -0.4 is 4.74 Å². The molecule has 200 valence electrons. The summed E-state index contributed by atoms with van der Waals surface area (Å²) in [7, 11) is 0. The molecule has 0 saturated carbocycles. The number of aromatic nitrogens is 3. The molecule has 0 radical (unpaired) electrons. The van der Waals surface area contributed by atoms with E-state index in [1.54, 1.807) is 31.2 Å². The van der Waals surface area contributed by atoms with Crippen molar-refractivity contribution in [2.45, 2.75) is 65.1 Å². The normalized spacial score (nSPS) is 11.9. The fourth-order valence-corrected chi connectivity index (χ4v) is 2.53. The van der Waals surface area contributed by atoms with Crippen molar-refractivity contribution in [3.05, 3.63) is 35.9 Å². The Morgan fingerprint density at radius 3 is 1.89 bits per heavy atom. The van der Waals surface area contributed by atoms with Crippen LogP contribution >= 0.6 is 34.8 Å². The van der Waals surface area contributed by atoms with E-state index in [1.165, 1.54) is 0 Å². The standard InChI is InChI=1S/C17H18Cl3N3O2.C8H16O3/c1-5-16(3,4)15(24)25-12-8-6-11(7-9-12)13-21-10(2)22-14(23-13)17(18,19)20;1-4-8(2,3)7(10)11-6-5-9/h6-9H,5H2,1-4H3;9H,4-6H2,1-3H3. The van der Waals surface area contributed by atoms with Crippen molar-refractivity contribution in [1.82, 2.24) is 15.0 Å². The molecule has 1 N–H and O–H groups in total. The Kier molecular flexibility index (Phi) is 12.0. The molecular formula is C25H34Cl3N3O5. The molecule has 2 rings (SSSR count). The number of carbonyl (C=O) groups is 2. The second-order valence-electron chi connectivity index (χ2n) is 9.28. The van der Waals surface area contributed by atoms with E-state index in [1.807, 2.05) is 41.5 Å². The van der Waals surface area contributed by atoms with Gasteiger partial charge in [-0.05, 0) is 71.7 Å². The Labute approximate surface area is 227 Å². The fraction of sp³-hybridized carbons (Fsp3) is 0.560. The number of ether oxygens (including phenoxy) is 2. The number of rotatable bonds is 8. The third kappa shape index (κ3) is 9.81. The molecule has 11 heteroatoms. The molecule has 0 fully saturated rings. The summed E-state index contributed by atoms with van der Waals surface area (Å²) < 4.78 is 8.43. The molecule has 8 nitrogen and oxygen atoms in total. The Morgan fingerprint density at radius 1 is 0.889 bits per heavy atom. The van der Waals surface area contributed by atoms with Crippen LogP contribution in [-0.4, -0.2) is 45.2 Å². The Hall–Kier alpha value is -2.00. The van der Waals surface area contributed by atoms with E-state index in [2.05, 4.69) is 15.0 Å². The molecule has 1 heterocycles. The first-order chi connectivity index (χ1) is 16.6. The van der Waals surface area contributed by atoms with Crippen LogP contribution in [0, 0.1) is 17.8 Å². The van der Waals surface area contributed by atoms with Gasteiger partial charge >= 0.3 is 11.9 Å². The monoisotopic (exact) mass is 561 g/mol. The van der Waals surface area contributed by atoms with Crippen molar-refractivity contribution in [2.24, 2.45) is 10.8 Å². The lowest BCUT2D eigenvalue weighted by Gasteiger charge is -2.20. The molecular weight excluding hydrogens is 529 g/mol. The van der Waals surface area contributed by atoms with E-state index >= 15 is 0 Å². The van der Waals surface area contributed by atoms with E-state index in [0.717, 1.165) is 6.42 Å². The van der Waals surface area contributed by atoms with Crippen LogP contribution in [0.5, 0.6) is 5.75 Å². The Balaban J connectivity index is 0.000000497. The first-order valence-corrected chi connectivity index (χ1v) is 12.6. The van der Waals surface area contributed by atoms with Gasteiger partial charge in [0.15, 0.2) is 11.6 Å². The van der Waals surface area contributed by atoms with Crippen molar-refractivity contribution in [1.29, 1.82) is 0 Å². The quantitative estimate of drug-likeness (QED) is 0.238. The fourth-order valence-electron chi connectivity index (χ4n) is 2.28. The summed E-state index contributed by atoms with van der Waals surface area (Å²) in [5, 5.41) is 8.38. The van der Waals surface area contributed by atoms with Gasteiger partial charge in [0.2, 0.25) is 3.79 Å². The van der Waals surface area contributed by atoms with E-state index in [0.29, 0.717) is 29.4 Å². The number of hydrogen-bond acceptors (Lipinski definition) is 8. The number of hydrogen-bond donors (Lipinski definition) is 1. The van der Waals surface area contributed by atoms with Crippen molar-refractivity contribution in [3.8, 4) is 17.1 Å². The van der Waals surface area contributed by atoms with Crippen LogP contribution in [0.15, 0.2) is 24.3 Å². The van der Waals surface area contributed by atoms with Gasteiger partial charge in [-0.2, -0.15) is 0 Å². The molecule has 0 unspecified atom stereocenters. The topological polar surface area (TPSA) is 112 Å². The van der Waals surface area contributed by atoms with Crippen LogP contribution in [0.3, 0.4) is 0 Å². The molecule has 1 aromatic heterocycles. The highest BCUT2D eigenvalue weighted by molar-refractivity contribution is 6.66. The summed E-state index contributed by atoms with van der Waals surface area (Å²) in [4.78, 5) is 35.7. The summed E-state index contributed by atoms with van der Waals surface area (Å²) in [5.74, 6) is 0.793. The summed E-state index contributed by atoms with van der Waals surface area (Å²) >= 11 is 17.5. The van der Waals surface area contributed by atoms with Crippen LogP contribution in [0.4, 0.5) is 0 Å². The van der Waals surface area contributed by atoms with E-state index in [4.69, 9.17) is 49.4 Å². The lowest BCUT2D eigenvalue weighted by Crippen LogP contribution is -2.28. The number of benzene rings is 1. The average Bonchev–Trinajstić information content (AvgIpc) is 2.82. The van der Waals surface area contributed by atoms with Gasteiger partial charge in [-0.3, -0.25) is 9.59 Å². The van der Waals surface area contributed by atoms with Gasteiger partial charge in [0, 0.05) is 5.56 Å². The lowest BCUT2D eigenvalue weighted by atomic mass is 9.91. The molecule has 36 heavy (non-hydrogen) atoms. The highest BCUT2D eigenvalue weighted by Gasteiger charge is 2.29. The Morgan fingerprint density at radius 2 is 1.42 bits per heavy atom. The number of aliphatic hydroxyl groups excluding tert-OH is 1. The van der Waals surface area contributed by atoms with Gasteiger partial charge in [-0.1, -0.05) is 48.7 Å². The molecule has 0 aliphatic heterocycles. The minimum atomic E-state index is -1.73. The third-order valence-electron chi connectivity index (χ3n) is 5.52. The van der Waals surface area contributed by atoms with Gasteiger partial charge in [0.25, 0.3) is 0 Å². The number of halogens is 3. The minimum Gasteiger partial charge on any atom is -0.463 e. The van der Waals surface area contributed by atoms with Crippen molar-refractivity contribution >= 4 is 46.7 Å². The average molecular weight is 563 g/mol. The predicted molar refractivity (Wildman–Crippen MR) is 141 cm³/mol. The maximum absolute atomic E-state index is 12.1. The first kappa shape index (κ1) is 32.0. The van der Waals surface area contributed by atoms with Gasteiger partial charge in [-0.25, -0.2) is 15.0 Å². The number of carbonyl (C=O) groups excluding carboxylic acids is 2. The number of aryl methyl sites for hydroxylation is 1. The molecule has 0 amide bonds. The molecule has 0 atom stereocenters. The summed E-state index contributed by atoms with van der Waals surface area (Å²) in [5.41, 5.74) is -0.270. The molecule has 0 bridgehead atoms. The SMILES string of the molecule is CCC(C)(C)C(=O)OCCO.CCC(C)(C)C(=O)Oc1ccc(-c2nc(C)nc(C(Cl)(Cl)Cl)n2)cc1. The summed E-state index contributed by atoms with van der Waals surface area (Å²) in [6.07, 6.45) is 1.44. The number of nitrogens with zero attached hydrogens (tertiary/aromatic N) is 3. The van der Waals surface area contributed by atoms with E-state index in [-0.39, 0.29) is 31.0 Å². The number of esters is 2. The Bertz CT molecular complexity index is 1020. The smallest absolute Gasteiger partial charge is 0.316 e. The van der Waals surface area contributed by atoms with Crippen LogP contribution in [0.1, 0.15) is 66.0 Å². The first-order valence-electron chi connectivity index (χ1n) is 11.5. The van der Waals surface area contributed by atoms with Gasteiger partial charge in [-0.15, -0.1) is 0 Å². The zero-order chi connectivity index (χ0) is 27.7. The van der Waals surface area contributed by atoms with Crippen molar-refractivity contribution in [3.63, 3.8) is 0 Å². The van der Waals surface area contributed by atoms with E-state index in [9.17, 15) is 9.59 Å². The van der Waals surface area contributed by atoms with Crippen molar-refractivity contribution in [2.75, 3.05) is 13.2 Å². The zero-order valence-corrected chi connectivity index (χ0v) is 24.0. The summed E-state index contributed by atoms with van der Waals surface area (Å²) in [6.45, 7) is 12.9. The van der Waals surface area contributed by atoms with Crippen LogP contribution in [-0.2, 0) is 18.1 Å². The van der Waals surface area contributed by atoms with Crippen LogP contribution in [0.25, 0.3) is 11.4 Å². The molecule has 0 aliphatic rings. The number of aliphatic hydroxyl groups is 1. The maximum Gasteiger partial charge on any atom is 0.316 e. The minimum absolute atomic E-state index is 0.0557. The highest BCUT2D eigenvalue weighted by Crippen LogP contribution is 2.36. The zero-order valence-electron chi connectivity index (χ0n) is 21.7. The molecule has 1 aromatic carbocycles. The van der Waals surface area contributed by atoms with E-state index < -0.39 is 14.6 Å². The molecule has 0 aliphatic carbocycles. The molecule has 0 saturated heterocycles. The second-order valence-corrected chi connectivity index (χ2v) is 11.6. The highest BCUT2D eigenvalue weighted by atomic mass is 35.6. The second kappa shape index (κ2) is 13.5. The predicted octanol–water partition coefficient (Wildman–Crippen LogP) is 5.97. The number of alkyl halides is 3. The lowest BCUT2D eigenvalue weighted by molar-refractivity contribution is -0.155.